The molecule has 0 radical (unpaired) electrons. The van der Waals surface area contributed by atoms with Crippen LogP contribution in [0.15, 0.2) is 59.0 Å². The minimum Gasteiger partial charge on any atom is -0.481 e. The van der Waals surface area contributed by atoms with Crippen LogP contribution >= 0.6 is 12.4 Å². The number of amides is 2. The minimum atomic E-state index is -4.91. The lowest BCUT2D eigenvalue weighted by Crippen LogP contribution is -2.41. The Morgan fingerprint density at radius 3 is 2.26 bits per heavy atom. The lowest BCUT2D eigenvalue weighted by atomic mass is 9.94. The fraction of sp³-hybridized carbons (Fsp3) is 0.379. The number of carbonyl (C=O) groups excluding carboxylic acids is 2. The van der Waals surface area contributed by atoms with E-state index in [0.717, 1.165) is 12.1 Å². The van der Waals surface area contributed by atoms with Crippen LogP contribution in [0.3, 0.4) is 0 Å². The van der Waals surface area contributed by atoms with Gasteiger partial charge >= 0.3 is 12.1 Å². The second-order valence-electron chi connectivity index (χ2n) is 10.2. The van der Waals surface area contributed by atoms with Gasteiger partial charge in [0.2, 0.25) is 17.6 Å². The van der Waals surface area contributed by atoms with Gasteiger partial charge in [-0.15, -0.1) is 12.4 Å². The smallest absolute Gasteiger partial charge is 0.452 e. The number of alkyl halides is 3. The quantitative estimate of drug-likeness (QED) is 0.377. The number of aromatic nitrogens is 1. The number of carboxylic acids is 1. The fourth-order valence-corrected chi connectivity index (χ4v) is 5.50. The molecule has 13 heteroatoms. The monoisotopic (exact) mass is 606 g/mol. The van der Waals surface area contributed by atoms with Gasteiger partial charge in [-0.05, 0) is 55.7 Å². The maximum Gasteiger partial charge on any atom is 0.452 e. The number of benzene rings is 2. The van der Waals surface area contributed by atoms with Gasteiger partial charge in [0.15, 0.2) is 5.69 Å². The molecular formula is C29H30ClF3N4O5. The van der Waals surface area contributed by atoms with Crippen LogP contribution in [0.5, 0.6) is 0 Å². The summed E-state index contributed by atoms with van der Waals surface area (Å²) in [5.74, 6) is -4.95. The lowest BCUT2D eigenvalue weighted by Gasteiger charge is -2.27. The maximum atomic E-state index is 13.6. The number of hydrogen-bond donors (Lipinski definition) is 2. The van der Waals surface area contributed by atoms with E-state index in [-0.39, 0.29) is 29.9 Å². The summed E-state index contributed by atoms with van der Waals surface area (Å²) in [6.07, 6.45) is -2.36. The molecule has 224 valence electrons. The van der Waals surface area contributed by atoms with Crippen molar-refractivity contribution in [3.8, 4) is 11.5 Å². The largest absolute Gasteiger partial charge is 0.481 e. The number of carboxylic acid groups (broad SMARTS) is 1. The van der Waals surface area contributed by atoms with E-state index in [2.05, 4.69) is 15.2 Å². The minimum absolute atomic E-state index is 0. The fourth-order valence-electron chi connectivity index (χ4n) is 5.50. The summed E-state index contributed by atoms with van der Waals surface area (Å²) in [5, 5.41) is 11.9. The third-order valence-corrected chi connectivity index (χ3v) is 7.57. The SMILES string of the molecule is Cl.O=C(Nc1ccc(N2CCCN(C(=O)[C@@H]3CCC[C@H]3C(=O)O)CC2)cc1)c1nc(-c2ccccc2)oc1C(F)(F)F. The molecule has 2 N–H and O–H groups in total. The molecule has 42 heavy (non-hydrogen) atoms. The van der Waals surface area contributed by atoms with Gasteiger partial charge in [0.1, 0.15) is 0 Å². The average Bonchev–Trinajstić information content (AvgIpc) is 3.57. The highest BCUT2D eigenvalue weighted by molar-refractivity contribution is 6.04. The van der Waals surface area contributed by atoms with Crippen molar-refractivity contribution in [1.82, 2.24) is 9.88 Å². The molecule has 2 fully saturated rings. The normalized spacial score (nSPS) is 19.1. The van der Waals surface area contributed by atoms with Crippen LogP contribution < -0.4 is 10.2 Å². The Balaban J connectivity index is 0.00000405. The number of rotatable bonds is 6. The topological polar surface area (TPSA) is 116 Å². The van der Waals surface area contributed by atoms with E-state index in [1.165, 1.54) is 12.1 Å². The van der Waals surface area contributed by atoms with E-state index in [0.29, 0.717) is 51.0 Å². The van der Waals surface area contributed by atoms with Crippen molar-refractivity contribution in [2.75, 3.05) is 36.4 Å². The first-order valence-electron chi connectivity index (χ1n) is 13.4. The number of oxazole rings is 1. The molecule has 2 aliphatic rings. The Hall–Kier alpha value is -4.06. The molecule has 3 aromatic rings. The molecule has 0 unspecified atom stereocenters. The van der Waals surface area contributed by atoms with Crippen molar-refractivity contribution >= 4 is 41.6 Å². The first kappa shape index (κ1) is 30.9. The summed E-state index contributed by atoms with van der Waals surface area (Å²) in [6.45, 7) is 2.20. The molecule has 2 amide bonds. The van der Waals surface area contributed by atoms with Crippen LogP contribution in [0, 0.1) is 11.8 Å². The first-order valence-corrected chi connectivity index (χ1v) is 13.4. The molecule has 5 rings (SSSR count). The van der Waals surface area contributed by atoms with Gasteiger partial charge in [0, 0.05) is 43.1 Å². The van der Waals surface area contributed by atoms with Gasteiger partial charge < -0.3 is 24.6 Å². The van der Waals surface area contributed by atoms with E-state index >= 15 is 0 Å². The summed E-state index contributed by atoms with van der Waals surface area (Å²) in [6, 6.07) is 14.7. The lowest BCUT2D eigenvalue weighted by molar-refractivity contribution is -0.153. The van der Waals surface area contributed by atoms with E-state index in [1.807, 2.05) is 0 Å². The Morgan fingerprint density at radius 2 is 1.60 bits per heavy atom. The van der Waals surface area contributed by atoms with Crippen LogP contribution in [0.4, 0.5) is 24.5 Å². The molecule has 2 aromatic carbocycles. The highest BCUT2D eigenvalue weighted by Crippen LogP contribution is 2.36. The third-order valence-electron chi connectivity index (χ3n) is 7.57. The molecular weight excluding hydrogens is 577 g/mol. The number of nitrogens with zero attached hydrogens (tertiary/aromatic N) is 3. The van der Waals surface area contributed by atoms with Gasteiger partial charge in [-0.25, -0.2) is 4.98 Å². The number of anilines is 2. The first-order chi connectivity index (χ1) is 19.6. The molecule has 0 bridgehead atoms. The van der Waals surface area contributed by atoms with Gasteiger partial charge in [-0.3, -0.25) is 14.4 Å². The Kier molecular flexibility index (Phi) is 9.45. The van der Waals surface area contributed by atoms with Gasteiger partial charge in [-0.1, -0.05) is 24.6 Å². The number of carbonyl (C=O) groups is 3. The van der Waals surface area contributed by atoms with Crippen LogP contribution in [0.2, 0.25) is 0 Å². The average molecular weight is 607 g/mol. The standard InChI is InChI=1S/C29H29F3N4O5.ClH/c30-29(31,32)24-23(34-26(41-24)18-6-2-1-3-7-18)25(37)33-19-10-12-20(13-11-19)35-14-5-15-36(17-16-35)27(38)21-8-4-9-22(21)28(39)40;/h1-3,6-7,10-13,21-22H,4-5,8-9,14-17H2,(H,33,37)(H,39,40);1H/t21-,22-;/m1./s1. The predicted molar refractivity (Wildman–Crippen MR) is 150 cm³/mol. The van der Waals surface area contributed by atoms with Crippen LogP contribution in [-0.2, 0) is 15.8 Å². The highest BCUT2D eigenvalue weighted by Gasteiger charge is 2.42. The van der Waals surface area contributed by atoms with E-state index < -0.39 is 41.3 Å². The molecule has 0 spiro atoms. The molecule has 1 saturated heterocycles. The predicted octanol–water partition coefficient (Wildman–Crippen LogP) is 5.57. The van der Waals surface area contributed by atoms with Crippen LogP contribution in [-0.4, -0.2) is 59.0 Å². The molecule has 1 aliphatic carbocycles. The van der Waals surface area contributed by atoms with Crippen molar-refractivity contribution in [3.63, 3.8) is 0 Å². The molecule has 2 atom stereocenters. The summed E-state index contributed by atoms with van der Waals surface area (Å²) in [4.78, 5) is 45.1. The van der Waals surface area contributed by atoms with Crippen molar-refractivity contribution in [1.29, 1.82) is 0 Å². The summed E-state index contributed by atoms with van der Waals surface area (Å²) in [5.41, 5.74) is 0.559. The molecule has 1 aliphatic heterocycles. The van der Waals surface area contributed by atoms with Gasteiger partial charge in [0.05, 0.1) is 11.8 Å². The van der Waals surface area contributed by atoms with E-state index in [1.54, 1.807) is 47.4 Å². The zero-order valence-corrected chi connectivity index (χ0v) is 23.3. The maximum absolute atomic E-state index is 13.6. The second-order valence-corrected chi connectivity index (χ2v) is 10.2. The zero-order valence-electron chi connectivity index (χ0n) is 22.5. The Bertz CT molecular complexity index is 1410. The number of aliphatic carboxylic acids is 1. The molecule has 1 saturated carbocycles. The second kappa shape index (κ2) is 12.8. The summed E-state index contributed by atoms with van der Waals surface area (Å²) < 4.78 is 45.8. The highest BCUT2D eigenvalue weighted by atomic mass is 35.5. The number of nitrogens with one attached hydrogen (secondary N) is 1. The number of halogens is 4. The van der Waals surface area contributed by atoms with Crippen molar-refractivity contribution in [3.05, 3.63) is 66.1 Å². The van der Waals surface area contributed by atoms with Gasteiger partial charge in [0.25, 0.3) is 5.91 Å². The molecule has 1 aromatic heterocycles. The van der Waals surface area contributed by atoms with Crippen LogP contribution in [0.1, 0.15) is 41.9 Å². The van der Waals surface area contributed by atoms with E-state index in [9.17, 15) is 32.7 Å². The van der Waals surface area contributed by atoms with E-state index in [4.69, 9.17) is 4.42 Å². The van der Waals surface area contributed by atoms with Gasteiger partial charge in [-0.2, -0.15) is 13.2 Å². The zero-order chi connectivity index (χ0) is 29.1. The van der Waals surface area contributed by atoms with Crippen molar-refractivity contribution in [2.45, 2.75) is 31.9 Å². The van der Waals surface area contributed by atoms with Crippen molar-refractivity contribution < 1.29 is 37.1 Å². The van der Waals surface area contributed by atoms with Crippen LogP contribution in [0.25, 0.3) is 11.5 Å². The summed E-state index contributed by atoms with van der Waals surface area (Å²) >= 11 is 0. The third kappa shape index (κ3) is 6.70. The molecule has 9 nitrogen and oxygen atoms in total. The van der Waals surface area contributed by atoms with Crippen molar-refractivity contribution in [2.24, 2.45) is 11.8 Å². The summed E-state index contributed by atoms with van der Waals surface area (Å²) in [7, 11) is 0. The number of hydrogen-bond acceptors (Lipinski definition) is 6. The Labute approximate surface area is 246 Å². The molecule has 2 heterocycles. The Morgan fingerprint density at radius 1 is 0.905 bits per heavy atom.